The first-order valence-electron chi connectivity index (χ1n) is 6.08. The fourth-order valence-corrected chi connectivity index (χ4v) is 3.49. The van der Waals surface area contributed by atoms with Crippen LogP contribution in [0, 0.1) is 0 Å². The predicted octanol–water partition coefficient (Wildman–Crippen LogP) is 1.50. The van der Waals surface area contributed by atoms with Gasteiger partial charge in [0.1, 0.15) is 4.90 Å². The number of nitrogens with two attached hydrogens (primary N) is 1. The number of hydrogen-bond acceptors (Lipinski definition) is 4. The third-order valence-corrected chi connectivity index (χ3v) is 5.02. The molecule has 0 bridgehead atoms. The minimum absolute atomic E-state index is 0.0412. The molecule has 1 amide bonds. The molecule has 1 saturated heterocycles. The van der Waals surface area contributed by atoms with E-state index in [2.05, 4.69) is 0 Å². The fraction of sp³-hybridized carbons (Fsp3) is 0.417. The number of amides is 1. The van der Waals surface area contributed by atoms with Crippen molar-refractivity contribution in [3.8, 4) is 0 Å². The van der Waals surface area contributed by atoms with Gasteiger partial charge in [-0.05, 0) is 18.6 Å². The zero-order chi connectivity index (χ0) is 15.8. The number of likely N-dealkylation sites (N-methyl/N-ethyl adjacent to an activating group) is 1. The fourth-order valence-electron chi connectivity index (χ4n) is 2.09. The van der Waals surface area contributed by atoms with Crippen LogP contribution in [-0.4, -0.2) is 45.5 Å². The van der Waals surface area contributed by atoms with Gasteiger partial charge in [0.25, 0.3) is 5.91 Å². The molecule has 0 aromatic heterocycles. The van der Waals surface area contributed by atoms with Gasteiger partial charge in [-0.15, -0.1) is 0 Å². The molecule has 0 aliphatic carbocycles. The zero-order valence-electron chi connectivity index (χ0n) is 11.2. The molecule has 9 heteroatoms. The average molecular weight is 353 g/mol. The molecule has 1 heterocycles. The third kappa shape index (κ3) is 3.49. The standard InChI is InChI=1S/C12H14Cl2N2O4S/c1-16(7-2-3-20-6-7)12(17)8-4-11(21(15,18)19)10(14)5-9(8)13/h4-5,7H,2-3,6H2,1H3,(H2,15,18,19). The number of carbonyl (C=O) groups excluding carboxylic acids is 1. The van der Waals surface area contributed by atoms with Gasteiger partial charge in [-0.25, -0.2) is 13.6 Å². The number of hydrogen-bond donors (Lipinski definition) is 1. The summed E-state index contributed by atoms with van der Waals surface area (Å²) in [6.07, 6.45) is 0.718. The van der Waals surface area contributed by atoms with Gasteiger partial charge in [-0.1, -0.05) is 23.2 Å². The molecule has 1 aliphatic heterocycles. The van der Waals surface area contributed by atoms with Gasteiger partial charge in [0.15, 0.2) is 0 Å². The maximum absolute atomic E-state index is 12.5. The molecule has 1 aromatic carbocycles. The summed E-state index contributed by atoms with van der Waals surface area (Å²) < 4.78 is 28.2. The van der Waals surface area contributed by atoms with Gasteiger partial charge in [-0.2, -0.15) is 0 Å². The van der Waals surface area contributed by atoms with E-state index in [1.165, 1.54) is 11.0 Å². The Balaban J connectivity index is 2.41. The normalized spacial score (nSPS) is 18.8. The smallest absolute Gasteiger partial charge is 0.255 e. The van der Waals surface area contributed by atoms with Crippen molar-refractivity contribution >= 4 is 39.1 Å². The predicted molar refractivity (Wildman–Crippen MR) is 79.2 cm³/mol. The van der Waals surface area contributed by atoms with Crippen LogP contribution in [0.2, 0.25) is 10.0 Å². The van der Waals surface area contributed by atoms with Gasteiger partial charge >= 0.3 is 0 Å². The molecule has 1 aromatic rings. The summed E-state index contributed by atoms with van der Waals surface area (Å²) in [6.45, 7) is 1.02. The van der Waals surface area contributed by atoms with E-state index in [4.69, 9.17) is 33.1 Å². The summed E-state index contributed by atoms with van der Waals surface area (Å²) in [7, 11) is -2.42. The Kier molecular flexibility index (Phi) is 4.79. The van der Waals surface area contributed by atoms with Crippen molar-refractivity contribution in [1.29, 1.82) is 0 Å². The van der Waals surface area contributed by atoms with E-state index in [0.717, 1.165) is 12.5 Å². The number of nitrogens with zero attached hydrogens (tertiary/aromatic N) is 1. The Morgan fingerprint density at radius 1 is 1.38 bits per heavy atom. The Morgan fingerprint density at radius 2 is 2.05 bits per heavy atom. The Labute approximate surface area is 132 Å². The van der Waals surface area contributed by atoms with Crippen LogP contribution in [0.5, 0.6) is 0 Å². The van der Waals surface area contributed by atoms with Crippen LogP contribution in [0.3, 0.4) is 0 Å². The Morgan fingerprint density at radius 3 is 2.57 bits per heavy atom. The molecule has 0 spiro atoms. The van der Waals surface area contributed by atoms with Gasteiger partial charge in [-0.3, -0.25) is 4.79 Å². The molecule has 1 unspecified atom stereocenters. The summed E-state index contributed by atoms with van der Waals surface area (Å²) in [5.74, 6) is -0.405. The van der Waals surface area contributed by atoms with Gasteiger partial charge in [0.05, 0.1) is 28.3 Å². The molecular formula is C12H14Cl2N2O4S. The van der Waals surface area contributed by atoms with Gasteiger partial charge < -0.3 is 9.64 Å². The highest BCUT2D eigenvalue weighted by Crippen LogP contribution is 2.29. The Hall–Kier alpha value is -0.860. The van der Waals surface area contributed by atoms with Crippen LogP contribution < -0.4 is 5.14 Å². The second-order valence-electron chi connectivity index (χ2n) is 4.74. The summed E-state index contributed by atoms with van der Waals surface area (Å²) >= 11 is 11.8. The minimum atomic E-state index is -4.04. The van der Waals surface area contributed by atoms with Crippen LogP contribution in [0.25, 0.3) is 0 Å². The highest BCUT2D eigenvalue weighted by atomic mass is 35.5. The van der Waals surface area contributed by atoms with E-state index in [-0.39, 0.29) is 26.5 Å². The van der Waals surface area contributed by atoms with E-state index in [1.807, 2.05) is 0 Å². The topological polar surface area (TPSA) is 89.7 Å². The molecule has 1 aliphatic rings. The molecule has 0 saturated carbocycles. The van der Waals surface area contributed by atoms with Crippen LogP contribution in [0.4, 0.5) is 0 Å². The van der Waals surface area contributed by atoms with Crippen molar-refractivity contribution in [2.45, 2.75) is 17.4 Å². The molecule has 0 radical (unpaired) electrons. The lowest BCUT2D eigenvalue weighted by Gasteiger charge is -2.24. The molecule has 2 rings (SSSR count). The van der Waals surface area contributed by atoms with Crippen LogP contribution in [-0.2, 0) is 14.8 Å². The van der Waals surface area contributed by atoms with Crippen LogP contribution >= 0.6 is 23.2 Å². The lowest BCUT2D eigenvalue weighted by Crippen LogP contribution is -2.37. The molecule has 1 atom stereocenters. The molecule has 6 nitrogen and oxygen atoms in total. The highest BCUT2D eigenvalue weighted by Gasteiger charge is 2.27. The van der Waals surface area contributed by atoms with Crippen molar-refractivity contribution < 1.29 is 17.9 Å². The molecule has 2 N–H and O–H groups in total. The Bertz CT molecular complexity index is 672. The van der Waals surface area contributed by atoms with Crippen molar-refractivity contribution in [1.82, 2.24) is 4.90 Å². The molecule has 116 valence electrons. The second kappa shape index (κ2) is 6.10. The number of primary sulfonamides is 1. The van der Waals surface area contributed by atoms with E-state index in [9.17, 15) is 13.2 Å². The maximum atomic E-state index is 12.5. The highest BCUT2D eigenvalue weighted by molar-refractivity contribution is 7.89. The third-order valence-electron chi connectivity index (χ3n) is 3.33. The summed E-state index contributed by atoms with van der Waals surface area (Å²) in [4.78, 5) is 13.6. The number of sulfonamides is 1. The first-order valence-corrected chi connectivity index (χ1v) is 8.39. The first-order chi connectivity index (χ1) is 9.71. The number of carbonyl (C=O) groups is 1. The van der Waals surface area contributed by atoms with E-state index >= 15 is 0 Å². The van der Waals surface area contributed by atoms with Crippen molar-refractivity contribution in [2.24, 2.45) is 5.14 Å². The molecular weight excluding hydrogens is 339 g/mol. The lowest BCUT2D eigenvalue weighted by molar-refractivity contribution is 0.0711. The zero-order valence-corrected chi connectivity index (χ0v) is 13.5. The number of rotatable bonds is 3. The van der Waals surface area contributed by atoms with Crippen molar-refractivity contribution in [3.05, 3.63) is 27.7 Å². The van der Waals surface area contributed by atoms with Crippen LogP contribution in [0.15, 0.2) is 17.0 Å². The largest absolute Gasteiger partial charge is 0.379 e. The van der Waals surface area contributed by atoms with Gasteiger partial charge in [0.2, 0.25) is 10.0 Å². The first kappa shape index (κ1) is 16.5. The van der Waals surface area contributed by atoms with E-state index < -0.39 is 15.9 Å². The maximum Gasteiger partial charge on any atom is 0.255 e. The number of benzene rings is 1. The average Bonchev–Trinajstić information content (AvgIpc) is 2.89. The monoisotopic (exact) mass is 352 g/mol. The minimum Gasteiger partial charge on any atom is -0.379 e. The van der Waals surface area contributed by atoms with Crippen molar-refractivity contribution in [3.63, 3.8) is 0 Å². The molecule has 21 heavy (non-hydrogen) atoms. The summed E-state index contributed by atoms with van der Waals surface area (Å²) in [5.41, 5.74) is 0.0412. The summed E-state index contributed by atoms with van der Waals surface area (Å²) in [5, 5.41) is 5.03. The lowest BCUT2D eigenvalue weighted by atomic mass is 10.1. The molecule has 1 fully saturated rings. The van der Waals surface area contributed by atoms with E-state index in [1.54, 1.807) is 7.05 Å². The van der Waals surface area contributed by atoms with Crippen molar-refractivity contribution in [2.75, 3.05) is 20.3 Å². The summed E-state index contributed by atoms with van der Waals surface area (Å²) in [6, 6.07) is 2.24. The number of halogens is 2. The SMILES string of the molecule is CN(C(=O)c1cc(S(N)(=O)=O)c(Cl)cc1Cl)C1CCOC1. The van der Waals surface area contributed by atoms with E-state index in [0.29, 0.717) is 13.2 Å². The van der Waals surface area contributed by atoms with Gasteiger partial charge in [0, 0.05) is 13.7 Å². The second-order valence-corrected chi connectivity index (χ2v) is 7.09. The van der Waals surface area contributed by atoms with Crippen LogP contribution in [0.1, 0.15) is 16.8 Å². The quantitative estimate of drug-likeness (QED) is 0.892. The number of ether oxygens (including phenoxy) is 1.